The number of benzene rings is 1. The highest BCUT2D eigenvalue weighted by molar-refractivity contribution is 6.03. The van der Waals surface area contributed by atoms with E-state index in [0.717, 1.165) is 17.7 Å². The molecule has 0 bridgehead atoms. The molecule has 0 unspecified atom stereocenters. The summed E-state index contributed by atoms with van der Waals surface area (Å²) in [4.78, 5) is 23.7. The first kappa shape index (κ1) is 25.6. The smallest absolute Gasteiger partial charge is 0.249 e. The Morgan fingerprint density at radius 2 is 1.78 bits per heavy atom. The van der Waals surface area contributed by atoms with Gasteiger partial charge in [-0.2, -0.15) is 5.10 Å². The first-order valence-corrected chi connectivity index (χ1v) is 11.6. The van der Waals surface area contributed by atoms with Crippen LogP contribution in [-0.4, -0.2) is 51.0 Å². The number of anilines is 2. The fraction of sp³-hybridized carbons (Fsp3) is 0.440. The van der Waals surface area contributed by atoms with Gasteiger partial charge in [-0.1, -0.05) is 0 Å². The summed E-state index contributed by atoms with van der Waals surface area (Å²) in [5, 5.41) is 7.14. The molecule has 3 heterocycles. The second kappa shape index (κ2) is 9.88. The second-order valence-corrected chi connectivity index (χ2v) is 9.88. The largest absolute Gasteiger partial charge is 0.373 e. The van der Waals surface area contributed by atoms with Gasteiger partial charge in [0.05, 0.1) is 30.6 Å². The zero-order chi connectivity index (χ0) is 26.2. The molecule has 1 atom stereocenters. The van der Waals surface area contributed by atoms with Gasteiger partial charge in [0, 0.05) is 19.7 Å². The van der Waals surface area contributed by atoms with E-state index in [4.69, 9.17) is 9.72 Å². The summed E-state index contributed by atoms with van der Waals surface area (Å²) >= 11 is 0. The van der Waals surface area contributed by atoms with Gasteiger partial charge in [0.15, 0.2) is 23.3 Å². The maximum Gasteiger partial charge on any atom is 0.249 e. The van der Waals surface area contributed by atoms with Crippen LogP contribution in [0.15, 0.2) is 24.5 Å². The van der Waals surface area contributed by atoms with Crippen LogP contribution in [0.3, 0.4) is 0 Å². The molecule has 1 aliphatic heterocycles. The molecule has 0 aliphatic carbocycles. The van der Waals surface area contributed by atoms with E-state index in [9.17, 15) is 18.0 Å². The van der Waals surface area contributed by atoms with Gasteiger partial charge < -0.3 is 15.0 Å². The number of likely N-dealkylation sites (N-methyl/N-ethyl adjacent to an activating group) is 1. The quantitative estimate of drug-likeness (QED) is 0.495. The third-order valence-corrected chi connectivity index (χ3v) is 5.86. The number of amides is 1. The number of ether oxygens (including phenoxy) is 1. The third-order valence-electron chi connectivity index (χ3n) is 5.86. The van der Waals surface area contributed by atoms with Gasteiger partial charge in [-0.25, -0.2) is 23.1 Å². The van der Waals surface area contributed by atoms with E-state index < -0.39 is 23.5 Å². The number of carbonyl (C=O) groups is 1. The summed E-state index contributed by atoms with van der Waals surface area (Å²) in [5.74, 6) is -2.87. The lowest BCUT2D eigenvalue weighted by Crippen LogP contribution is -2.50. The summed E-state index contributed by atoms with van der Waals surface area (Å²) < 4.78 is 47.5. The molecule has 0 fully saturated rings. The van der Waals surface area contributed by atoms with Gasteiger partial charge in [0.25, 0.3) is 0 Å². The Morgan fingerprint density at radius 1 is 1.08 bits per heavy atom. The minimum Gasteiger partial charge on any atom is -0.373 e. The molecule has 0 saturated heterocycles. The van der Waals surface area contributed by atoms with E-state index in [0.29, 0.717) is 35.9 Å². The van der Waals surface area contributed by atoms with Crippen LogP contribution in [0.5, 0.6) is 0 Å². The zero-order valence-corrected chi connectivity index (χ0v) is 20.9. The van der Waals surface area contributed by atoms with E-state index in [2.05, 4.69) is 15.4 Å². The molecule has 36 heavy (non-hydrogen) atoms. The topological polar surface area (TPSA) is 85.2 Å². The van der Waals surface area contributed by atoms with Crippen molar-refractivity contribution in [1.82, 2.24) is 19.7 Å². The average molecular weight is 503 g/mol. The second-order valence-electron chi connectivity index (χ2n) is 9.88. The van der Waals surface area contributed by atoms with E-state index in [1.165, 1.54) is 4.68 Å². The lowest BCUT2D eigenvalue weighted by Gasteiger charge is -2.36. The van der Waals surface area contributed by atoms with Gasteiger partial charge in [-0.05, 0) is 57.4 Å². The molecule has 1 aromatic carbocycles. The minimum absolute atomic E-state index is 0.102. The third kappa shape index (κ3) is 5.67. The molecular formula is C25H29F3N6O2. The Bertz CT molecular complexity index is 1260. The Labute approximate surface area is 207 Å². The van der Waals surface area contributed by atoms with Crippen molar-refractivity contribution in [3.8, 4) is 0 Å². The van der Waals surface area contributed by atoms with Crippen molar-refractivity contribution in [2.45, 2.75) is 58.7 Å². The fourth-order valence-corrected chi connectivity index (χ4v) is 3.94. The number of hydrogen-bond donors (Lipinski definition) is 1. The monoisotopic (exact) mass is 502 g/mol. The standard InChI is InChI=1S/C25H29F3N6O2/c1-14-22-23(33(5)19(24(35)32-22)13-36-25(2,3)4)31-20(30-14)7-6-15-10-29-34(11-15)12-16-8-17(26)21(28)18(27)9-16/h8-11,19H,6-7,12-13H2,1-5H3,(H,32,35)/t19-/m0/s1. The summed E-state index contributed by atoms with van der Waals surface area (Å²) in [7, 11) is 1.82. The maximum absolute atomic E-state index is 13.5. The van der Waals surface area contributed by atoms with Gasteiger partial charge in [0.2, 0.25) is 5.91 Å². The summed E-state index contributed by atoms with van der Waals surface area (Å²) in [6.45, 7) is 7.96. The van der Waals surface area contributed by atoms with Gasteiger partial charge in [0.1, 0.15) is 17.6 Å². The number of carbonyl (C=O) groups excluding carboxylic acids is 1. The van der Waals surface area contributed by atoms with E-state index in [1.54, 1.807) is 12.4 Å². The van der Waals surface area contributed by atoms with Crippen molar-refractivity contribution in [3.05, 3.63) is 64.6 Å². The number of hydrogen-bond acceptors (Lipinski definition) is 6. The van der Waals surface area contributed by atoms with Crippen molar-refractivity contribution in [1.29, 1.82) is 0 Å². The average Bonchev–Trinajstić information content (AvgIpc) is 3.23. The van der Waals surface area contributed by atoms with Crippen molar-refractivity contribution in [2.75, 3.05) is 23.9 Å². The Balaban J connectivity index is 1.45. The lowest BCUT2D eigenvalue weighted by atomic mass is 10.1. The molecule has 1 aliphatic rings. The van der Waals surface area contributed by atoms with Crippen LogP contribution < -0.4 is 10.2 Å². The van der Waals surface area contributed by atoms with E-state index >= 15 is 0 Å². The van der Waals surface area contributed by atoms with Crippen LogP contribution in [0.1, 0.15) is 43.4 Å². The molecule has 1 N–H and O–H groups in total. The Kier molecular flexibility index (Phi) is 7.03. The first-order chi connectivity index (χ1) is 16.9. The number of nitrogens with one attached hydrogen (secondary N) is 1. The maximum atomic E-state index is 13.5. The number of rotatable bonds is 7. The predicted molar refractivity (Wildman–Crippen MR) is 128 cm³/mol. The summed E-state index contributed by atoms with van der Waals surface area (Å²) in [5.41, 5.74) is 2.03. The van der Waals surface area contributed by atoms with Crippen LogP contribution in [0.4, 0.5) is 24.7 Å². The van der Waals surface area contributed by atoms with Crippen LogP contribution in [0, 0.1) is 24.4 Å². The SMILES string of the molecule is Cc1nc(CCc2cnn(Cc3cc(F)c(F)c(F)c3)c2)nc2c1NC(=O)[C@H](COC(C)(C)C)N2C. The molecular weight excluding hydrogens is 473 g/mol. The molecule has 0 saturated carbocycles. The number of fused-ring (bicyclic) bond motifs is 1. The number of aromatic nitrogens is 4. The molecule has 0 radical (unpaired) electrons. The first-order valence-electron chi connectivity index (χ1n) is 11.6. The molecule has 1 amide bonds. The van der Waals surface area contributed by atoms with Crippen LogP contribution in [0.25, 0.3) is 0 Å². The summed E-state index contributed by atoms with van der Waals surface area (Å²) in [6.07, 6.45) is 4.52. The van der Waals surface area contributed by atoms with Crippen LogP contribution in [-0.2, 0) is 28.9 Å². The molecule has 4 rings (SSSR count). The van der Waals surface area contributed by atoms with Crippen LogP contribution >= 0.6 is 0 Å². The van der Waals surface area contributed by atoms with Gasteiger partial charge in [-0.15, -0.1) is 0 Å². The van der Waals surface area contributed by atoms with E-state index in [1.807, 2.05) is 39.6 Å². The number of aryl methyl sites for hydroxylation is 3. The summed E-state index contributed by atoms with van der Waals surface area (Å²) in [6, 6.07) is 1.40. The Hall–Kier alpha value is -3.47. The highest BCUT2D eigenvalue weighted by atomic mass is 19.2. The van der Waals surface area contributed by atoms with Gasteiger partial charge in [-0.3, -0.25) is 9.48 Å². The van der Waals surface area contributed by atoms with Gasteiger partial charge >= 0.3 is 0 Å². The van der Waals surface area contributed by atoms with Crippen molar-refractivity contribution in [2.24, 2.45) is 0 Å². The lowest BCUT2D eigenvalue weighted by molar-refractivity contribution is -0.120. The van der Waals surface area contributed by atoms with Crippen molar-refractivity contribution in [3.63, 3.8) is 0 Å². The molecule has 11 heteroatoms. The van der Waals surface area contributed by atoms with Crippen molar-refractivity contribution >= 4 is 17.4 Å². The van der Waals surface area contributed by atoms with E-state index in [-0.39, 0.29) is 30.2 Å². The highest BCUT2D eigenvalue weighted by Gasteiger charge is 2.34. The molecule has 192 valence electrons. The zero-order valence-electron chi connectivity index (χ0n) is 20.9. The van der Waals surface area contributed by atoms with Crippen LogP contribution in [0.2, 0.25) is 0 Å². The fourth-order valence-electron chi connectivity index (χ4n) is 3.94. The molecule has 0 spiro atoms. The predicted octanol–water partition coefficient (Wildman–Crippen LogP) is 3.80. The Morgan fingerprint density at radius 3 is 2.44 bits per heavy atom. The van der Waals surface area contributed by atoms with Crippen molar-refractivity contribution < 1.29 is 22.7 Å². The normalized spacial score (nSPS) is 15.7. The number of halogens is 3. The minimum atomic E-state index is -1.49. The molecule has 2 aromatic heterocycles. The molecule has 3 aromatic rings. The highest BCUT2D eigenvalue weighted by Crippen LogP contribution is 2.32. The number of nitrogens with zero attached hydrogens (tertiary/aromatic N) is 5. The molecule has 8 nitrogen and oxygen atoms in total.